The number of nitrogens with zero attached hydrogens (tertiary/aromatic N) is 2. The van der Waals surface area contributed by atoms with Gasteiger partial charge in [0.1, 0.15) is 0 Å². The lowest BCUT2D eigenvalue weighted by Crippen LogP contribution is -2.56. The van der Waals surface area contributed by atoms with E-state index in [1.54, 1.807) is 0 Å². The molecule has 0 bridgehead atoms. The van der Waals surface area contributed by atoms with E-state index in [4.69, 9.17) is 16.3 Å². The zero-order valence-electron chi connectivity index (χ0n) is 21.2. The van der Waals surface area contributed by atoms with E-state index in [0.29, 0.717) is 25.0 Å². The Morgan fingerprint density at radius 2 is 1.88 bits per heavy atom. The molecule has 1 saturated carbocycles. The second kappa shape index (κ2) is 12.2. The zero-order chi connectivity index (χ0) is 24.1. The highest BCUT2D eigenvalue weighted by molar-refractivity contribution is 6.20. The average molecular weight is 485 g/mol. The van der Waals surface area contributed by atoms with E-state index >= 15 is 0 Å². The molecular weight excluding hydrogens is 440 g/mol. The lowest BCUT2D eigenvalue weighted by atomic mass is 9.74. The van der Waals surface area contributed by atoms with Gasteiger partial charge in [-0.15, -0.1) is 11.6 Å². The number of carbonyl (C=O) groups excluding carboxylic acids is 2. The molecule has 3 fully saturated rings. The number of alkyl halides is 1. The molecule has 33 heavy (non-hydrogen) atoms. The number of amides is 2. The summed E-state index contributed by atoms with van der Waals surface area (Å²) in [5, 5.41) is 6.23. The number of rotatable bonds is 8. The van der Waals surface area contributed by atoms with Gasteiger partial charge in [-0.05, 0) is 71.5 Å². The van der Waals surface area contributed by atoms with Crippen LogP contribution in [0.4, 0.5) is 0 Å². The molecule has 0 spiro atoms. The van der Waals surface area contributed by atoms with Crippen LogP contribution in [0.1, 0.15) is 52.9 Å². The summed E-state index contributed by atoms with van der Waals surface area (Å²) in [7, 11) is 4.07. The minimum atomic E-state index is -0.191. The first-order chi connectivity index (χ1) is 15.7. The Bertz CT molecular complexity index is 656. The maximum Gasteiger partial charge on any atom is 0.225 e. The van der Waals surface area contributed by atoms with Crippen LogP contribution in [0.5, 0.6) is 0 Å². The lowest BCUT2D eigenvalue weighted by molar-refractivity contribution is -0.132. The molecule has 3 rings (SSSR count). The van der Waals surface area contributed by atoms with E-state index < -0.39 is 0 Å². The van der Waals surface area contributed by atoms with Gasteiger partial charge < -0.3 is 20.3 Å². The van der Waals surface area contributed by atoms with Crippen molar-refractivity contribution in [3.63, 3.8) is 0 Å². The van der Waals surface area contributed by atoms with Gasteiger partial charge in [-0.25, -0.2) is 0 Å². The molecule has 0 radical (unpaired) electrons. The molecule has 2 amide bonds. The highest BCUT2D eigenvalue weighted by Gasteiger charge is 2.43. The van der Waals surface area contributed by atoms with Gasteiger partial charge in [-0.1, -0.05) is 13.8 Å². The van der Waals surface area contributed by atoms with Gasteiger partial charge in [-0.2, -0.15) is 0 Å². The zero-order valence-corrected chi connectivity index (χ0v) is 21.9. The molecule has 3 aliphatic rings. The molecule has 8 heteroatoms. The van der Waals surface area contributed by atoms with Crippen LogP contribution in [0, 0.1) is 23.7 Å². The van der Waals surface area contributed by atoms with Crippen LogP contribution in [-0.4, -0.2) is 92.1 Å². The summed E-state index contributed by atoms with van der Waals surface area (Å²) in [5.74, 6) is 0.255. The van der Waals surface area contributed by atoms with Crippen LogP contribution in [-0.2, 0) is 14.3 Å². The van der Waals surface area contributed by atoms with E-state index in [1.807, 2.05) is 14.1 Å². The minimum Gasteiger partial charge on any atom is -0.381 e. The Morgan fingerprint density at radius 1 is 1.18 bits per heavy atom. The molecule has 1 aliphatic carbocycles. The van der Waals surface area contributed by atoms with Crippen molar-refractivity contribution in [1.29, 1.82) is 0 Å². The van der Waals surface area contributed by atoms with Gasteiger partial charge in [0.05, 0.1) is 5.92 Å². The Morgan fingerprint density at radius 3 is 2.52 bits per heavy atom. The van der Waals surface area contributed by atoms with Crippen LogP contribution < -0.4 is 10.6 Å². The fourth-order valence-electron chi connectivity index (χ4n) is 6.41. The fourth-order valence-corrected chi connectivity index (χ4v) is 6.78. The topological polar surface area (TPSA) is 73.9 Å². The molecule has 7 atom stereocenters. The van der Waals surface area contributed by atoms with Crippen LogP contribution in [0.2, 0.25) is 0 Å². The third-order valence-corrected chi connectivity index (χ3v) is 8.44. The van der Waals surface area contributed by atoms with Crippen molar-refractivity contribution in [2.45, 2.75) is 76.4 Å². The van der Waals surface area contributed by atoms with Crippen LogP contribution in [0.25, 0.3) is 0 Å². The molecule has 0 aromatic rings. The summed E-state index contributed by atoms with van der Waals surface area (Å²) < 4.78 is 5.57. The number of hydrogen-bond donors (Lipinski definition) is 2. The number of halogens is 1. The molecule has 7 nitrogen and oxygen atoms in total. The second-order valence-electron chi connectivity index (χ2n) is 10.8. The Hall–Kier alpha value is -0.890. The van der Waals surface area contributed by atoms with E-state index in [9.17, 15) is 9.59 Å². The first kappa shape index (κ1) is 26.7. The molecule has 0 aromatic carbocycles. The fraction of sp³-hybridized carbons (Fsp3) is 0.920. The third-order valence-electron chi connectivity index (χ3n) is 8.08. The highest BCUT2D eigenvalue weighted by atomic mass is 35.5. The molecular formula is C25H45ClN4O3. The van der Waals surface area contributed by atoms with Gasteiger partial charge in [0.15, 0.2) is 0 Å². The second-order valence-corrected chi connectivity index (χ2v) is 11.4. The Balaban J connectivity index is 1.64. The number of hydrogen-bond acceptors (Lipinski definition) is 5. The predicted octanol–water partition coefficient (Wildman–Crippen LogP) is 2.33. The number of carbonyl (C=O) groups is 2. The molecule has 2 N–H and O–H groups in total. The van der Waals surface area contributed by atoms with E-state index in [0.717, 1.165) is 52.0 Å². The van der Waals surface area contributed by atoms with Crippen LogP contribution in [0.15, 0.2) is 0 Å². The largest absolute Gasteiger partial charge is 0.381 e. The van der Waals surface area contributed by atoms with Crippen molar-refractivity contribution < 1.29 is 14.3 Å². The number of ether oxygens (including phenoxy) is 1. The summed E-state index contributed by atoms with van der Waals surface area (Å²) in [6.45, 7) is 10.3. The van der Waals surface area contributed by atoms with Gasteiger partial charge in [0.2, 0.25) is 11.8 Å². The van der Waals surface area contributed by atoms with Crippen molar-refractivity contribution >= 4 is 23.4 Å². The summed E-state index contributed by atoms with van der Waals surface area (Å²) in [5.41, 5.74) is 0. The summed E-state index contributed by atoms with van der Waals surface area (Å²) >= 11 is 6.72. The summed E-state index contributed by atoms with van der Waals surface area (Å²) in [4.78, 5) is 30.8. The van der Waals surface area contributed by atoms with Crippen molar-refractivity contribution in [3.8, 4) is 0 Å². The first-order valence-electron chi connectivity index (χ1n) is 12.9. The standard InChI is InChI=1S/C25H45ClN4O3/c1-6-30(20-7-9-33-10-8-20)23-13-19(26)12-21(17(23)3)24(31)27-14-22-18(15-29(4)5)11-16(2)28-25(22)32/h16-23H,6-15H2,1-5H3,(H,27,31)(H,28,32). The van der Waals surface area contributed by atoms with Crippen LogP contribution >= 0.6 is 11.6 Å². The predicted molar refractivity (Wildman–Crippen MR) is 132 cm³/mol. The molecule has 2 saturated heterocycles. The quantitative estimate of drug-likeness (QED) is 0.517. The number of nitrogens with one attached hydrogen (secondary N) is 2. The normalized spacial score (nSPS) is 36.1. The Kier molecular flexibility index (Phi) is 9.86. The third kappa shape index (κ3) is 6.83. The smallest absolute Gasteiger partial charge is 0.225 e. The van der Waals surface area contributed by atoms with Gasteiger partial charge in [0, 0.05) is 55.7 Å². The monoisotopic (exact) mass is 484 g/mol. The summed E-state index contributed by atoms with van der Waals surface area (Å²) in [6, 6.07) is 0.975. The maximum absolute atomic E-state index is 13.4. The highest BCUT2D eigenvalue weighted by Crippen LogP contribution is 2.38. The Labute approximate surface area is 205 Å². The molecule has 2 heterocycles. The van der Waals surface area contributed by atoms with E-state index in [-0.39, 0.29) is 46.9 Å². The van der Waals surface area contributed by atoms with Gasteiger partial charge >= 0.3 is 0 Å². The first-order valence-corrected chi connectivity index (χ1v) is 13.3. The summed E-state index contributed by atoms with van der Waals surface area (Å²) in [6.07, 6.45) is 4.65. The molecule has 0 aromatic heterocycles. The van der Waals surface area contributed by atoms with Crippen molar-refractivity contribution in [3.05, 3.63) is 0 Å². The van der Waals surface area contributed by atoms with Crippen molar-refractivity contribution in [2.75, 3.05) is 46.9 Å². The molecule has 2 aliphatic heterocycles. The average Bonchev–Trinajstić information content (AvgIpc) is 2.75. The SMILES string of the molecule is CCN(C1CCOCC1)C1CC(Cl)CC(C(=O)NCC2C(=O)NC(C)CC2CN(C)C)C1C. The maximum atomic E-state index is 13.4. The van der Waals surface area contributed by atoms with Gasteiger partial charge in [-0.3, -0.25) is 14.5 Å². The van der Waals surface area contributed by atoms with Crippen molar-refractivity contribution in [2.24, 2.45) is 23.7 Å². The van der Waals surface area contributed by atoms with Gasteiger partial charge in [0.25, 0.3) is 0 Å². The van der Waals surface area contributed by atoms with Crippen LogP contribution in [0.3, 0.4) is 0 Å². The minimum absolute atomic E-state index is 0.00356. The molecule has 190 valence electrons. The number of piperidine rings is 1. The van der Waals surface area contributed by atoms with E-state index in [2.05, 4.69) is 41.2 Å². The van der Waals surface area contributed by atoms with E-state index in [1.165, 1.54) is 0 Å². The van der Waals surface area contributed by atoms with Crippen molar-refractivity contribution in [1.82, 2.24) is 20.4 Å². The lowest BCUT2D eigenvalue weighted by Gasteiger charge is -2.47. The molecule has 7 unspecified atom stereocenters.